The maximum atomic E-state index is 13.0. The van der Waals surface area contributed by atoms with Crippen LogP contribution in [0.5, 0.6) is 0 Å². The number of hydrogen-bond acceptors (Lipinski definition) is 4. The number of aromatic amines is 1. The van der Waals surface area contributed by atoms with E-state index in [9.17, 15) is 4.79 Å². The topological polar surface area (TPSA) is 65.1 Å². The Morgan fingerprint density at radius 3 is 2.77 bits per heavy atom. The molecule has 3 heterocycles. The van der Waals surface area contributed by atoms with Crippen molar-refractivity contribution in [2.45, 2.75) is 25.8 Å². The van der Waals surface area contributed by atoms with Gasteiger partial charge in [-0.1, -0.05) is 12.1 Å². The summed E-state index contributed by atoms with van der Waals surface area (Å²) in [4.78, 5) is 29.3. The molecule has 4 rings (SSSR count). The van der Waals surface area contributed by atoms with E-state index in [1.54, 1.807) is 11.1 Å². The van der Waals surface area contributed by atoms with Crippen molar-refractivity contribution in [2.75, 3.05) is 25.0 Å². The molecule has 0 aliphatic carbocycles. The molecule has 6 heteroatoms. The summed E-state index contributed by atoms with van der Waals surface area (Å²) in [6.45, 7) is 2.36. The minimum absolute atomic E-state index is 0.0286. The lowest BCUT2D eigenvalue weighted by molar-refractivity contribution is 0.0782. The first kappa shape index (κ1) is 16.6. The van der Waals surface area contributed by atoms with Crippen molar-refractivity contribution in [3.8, 4) is 0 Å². The van der Waals surface area contributed by atoms with Gasteiger partial charge in [-0.3, -0.25) is 4.79 Å². The van der Waals surface area contributed by atoms with Crippen LogP contribution in [-0.4, -0.2) is 45.9 Å². The Bertz CT molecular complexity index is 880. The third-order valence-electron chi connectivity index (χ3n) is 4.84. The number of nitrogens with zero attached hydrogens (tertiary/aromatic N) is 4. The number of piperidine rings is 1. The summed E-state index contributed by atoms with van der Waals surface area (Å²) in [5.41, 5.74) is 2.56. The minimum atomic E-state index is -0.0286. The van der Waals surface area contributed by atoms with E-state index < -0.39 is 0 Å². The molecule has 134 valence electrons. The highest BCUT2D eigenvalue weighted by atomic mass is 16.2. The Hall–Kier alpha value is -2.89. The zero-order chi connectivity index (χ0) is 17.9. The Balaban J connectivity index is 1.55. The minimum Gasteiger partial charge on any atom is -0.356 e. The van der Waals surface area contributed by atoms with E-state index in [1.807, 2.05) is 43.4 Å². The molecule has 0 saturated carbocycles. The monoisotopic (exact) mass is 349 g/mol. The van der Waals surface area contributed by atoms with Gasteiger partial charge in [-0.15, -0.1) is 0 Å². The van der Waals surface area contributed by atoms with Crippen LogP contribution in [0.2, 0.25) is 0 Å². The maximum Gasteiger partial charge on any atom is 0.257 e. The first-order valence-electron chi connectivity index (χ1n) is 9.11. The Morgan fingerprint density at radius 1 is 1.15 bits per heavy atom. The van der Waals surface area contributed by atoms with Gasteiger partial charge >= 0.3 is 0 Å². The highest BCUT2D eigenvalue weighted by Crippen LogP contribution is 2.23. The predicted molar refractivity (Wildman–Crippen MR) is 102 cm³/mol. The second kappa shape index (κ2) is 7.15. The molecule has 26 heavy (non-hydrogen) atoms. The first-order valence-corrected chi connectivity index (χ1v) is 9.11. The zero-order valence-corrected chi connectivity index (χ0v) is 15.0. The predicted octanol–water partition coefficient (Wildman–Crippen LogP) is 3.22. The van der Waals surface area contributed by atoms with Crippen molar-refractivity contribution in [1.82, 2.24) is 19.9 Å². The van der Waals surface area contributed by atoms with E-state index in [1.165, 1.54) is 6.42 Å². The van der Waals surface area contributed by atoms with Gasteiger partial charge in [-0.2, -0.15) is 0 Å². The van der Waals surface area contributed by atoms with Gasteiger partial charge < -0.3 is 14.8 Å². The molecule has 0 radical (unpaired) electrons. The number of fused-ring (bicyclic) bond motifs is 1. The molecule has 1 N–H and O–H groups in total. The molecular formula is C20H23N5O. The summed E-state index contributed by atoms with van der Waals surface area (Å²) in [7, 11) is 1.81. The quantitative estimate of drug-likeness (QED) is 0.785. The smallest absolute Gasteiger partial charge is 0.257 e. The summed E-state index contributed by atoms with van der Waals surface area (Å²) in [6.07, 6.45) is 5.32. The standard InChI is InChI=1S/C20H23N5O/c1-24(14-18-22-16-9-3-4-10-17(16)23-18)20(26)15-8-7-11-21-19(15)25-12-5-2-6-13-25/h3-4,7-11H,2,5-6,12-14H2,1H3,(H,22,23). The molecule has 0 unspecified atom stereocenters. The molecule has 1 aliphatic heterocycles. The van der Waals surface area contributed by atoms with Crippen molar-refractivity contribution in [3.63, 3.8) is 0 Å². The van der Waals surface area contributed by atoms with Crippen LogP contribution in [0.15, 0.2) is 42.6 Å². The van der Waals surface area contributed by atoms with Gasteiger partial charge in [-0.25, -0.2) is 9.97 Å². The second-order valence-corrected chi connectivity index (χ2v) is 6.78. The van der Waals surface area contributed by atoms with Crippen LogP contribution in [0.4, 0.5) is 5.82 Å². The van der Waals surface area contributed by atoms with Crippen LogP contribution in [-0.2, 0) is 6.54 Å². The highest BCUT2D eigenvalue weighted by molar-refractivity contribution is 5.98. The molecule has 1 amide bonds. The molecule has 1 fully saturated rings. The van der Waals surface area contributed by atoms with E-state index in [0.717, 1.165) is 48.6 Å². The Labute approximate surface area is 152 Å². The maximum absolute atomic E-state index is 13.0. The molecule has 1 aliphatic rings. The SMILES string of the molecule is CN(Cc1nc2ccccc2[nH]1)C(=O)c1cccnc1N1CCCCC1. The number of anilines is 1. The fourth-order valence-electron chi connectivity index (χ4n) is 3.50. The highest BCUT2D eigenvalue weighted by Gasteiger charge is 2.22. The third-order valence-corrected chi connectivity index (χ3v) is 4.84. The first-order chi connectivity index (χ1) is 12.7. The molecule has 0 spiro atoms. The van der Waals surface area contributed by atoms with Crippen molar-refractivity contribution >= 4 is 22.8 Å². The lowest BCUT2D eigenvalue weighted by Crippen LogP contribution is -2.34. The van der Waals surface area contributed by atoms with Crippen molar-refractivity contribution in [3.05, 3.63) is 54.0 Å². The number of aromatic nitrogens is 3. The van der Waals surface area contributed by atoms with Crippen LogP contribution < -0.4 is 4.90 Å². The van der Waals surface area contributed by atoms with Gasteiger partial charge in [0.2, 0.25) is 0 Å². The Morgan fingerprint density at radius 2 is 1.96 bits per heavy atom. The van der Waals surface area contributed by atoms with Crippen LogP contribution >= 0.6 is 0 Å². The van der Waals surface area contributed by atoms with E-state index in [4.69, 9.17) is 0 Å². The lowest BCUT2D eigenvalue weighted by atomic mass is 10.1. The van der Waals surface area contributed by atoms with E-state index in [0.29, 0.717) is 12.1 Å². The van der Waals surface area contributed by atoms with Crippen LogP contribution in [0, 0.1) is 0 Å². The normalized spacial score (nSPS) is 14.6. The fraction of sp³-hybridized carbons (Fsp3) is 0.350. The van der Waals surface area contributed by atoms with E-state index in [2.05, 4.69) is 19.9 Å². The molecule has 1 saturated heterocycles. The second-order valence-electron chi connectivity index (χ2n) is 6.78. The fourth-order valence-corrected chi connectivity index (χ4v) is 3.50. The number of carbonyl (C=O) groups is 1. The van der Waals surface area contributed by atoms with Gasteiger partial charge in [0.1, 0.15) is 11.6 Å². The van der Waals surface area contributed by atoms with Crippen molar-refractivity contribution in [1.29, 1.82) is 0 Å². The molecule has 0 atom stereocenters. The molecule has 3 aromatic rings. The number of amides is 1. The number of rotatable bonds is 4. The number of carbonyl (C=O) groups excluding carboxylic acids is 1. The largest absolute Gasteiger partial charge is 0.356 e. The summed E-state index contributed by atoms with van der Waals surface area (Å²) < 4.78 is 0. The number of benzene rings is 1. The van der Waals surface area contributed by atoms with E-state index >= 15 is 0 Å². The average Bonchev–Trinajstić information content (AvgIpc) is 3.10. The summed E-state index contributed by atoms with van der Waals surface area (Å²) in [5.74, 6) is 1.55. The van der Waals surface area contributed by atoms with Gasteiger partial charge in [-0.05, 0) is 43.5 Å². The molecular weight excluding hydrogens is 326 g/mol. The van der Waals surface area contributed by atoms with Crippen LogP contribution in [0.3, 0.4) is 0 Å². The van der Waals surface area contributed by atoms with Crippen LogP contribution in [0.25, 0.3) is 11.0 Å². The van der Waals surface area contributed by atoms with Crippen molar-refractivity contribution < 1.29 is 4.79 Å². The number of hydrogen-bond donors (Lipinski definition) is 1. The third kappa shape index (κ3) is 3.27. The summed E-state index contributed by atoms with van der Waals surface area (Å²) in [6, 6.07) is 11.6. The van der Waals surface area contributed by atoms with E-state index in [-0.39, 0.29) is 5.91 Å². The van der Waals surface area contributed by atoms with Crippen LogP contribution in [0.1, 0.15) is 35.4 Å². The molecule has 0 bridgehead atoms. The number of pyridine rings is 1. The number of imidazole rings is 1. The summed E-state index contributed by atoms with van der Waals surface area (Å²) >= 11 is 0. The number of H-pyrrole nitrogens is 1. The number of nitrogens with one attached hydrogen (secondary N) is 1. The molecule has 1 aromatic carbocycles. The molecule has 2 aromatic heterocycles. The average molecular weight is 349 g/mol. The zero-order valence-electron chi connectivity index (χ0n) is 15.0. The van der Waals surface area contributed by atoms with Gasteiger partial charge in [0, 0.05) is 26.3 Å². The van der Waals surface area contributed by atoms with Gasteiger partial charge in [0.25, 0.3) is 5.91 Å². The molecule has 6 nitrogen and oxygen atoms in total. The van der Waals surface area contributed by atoms with Gasteiger partial charge in [0.05, 0.1) is 23.1 Å². The van der Waals surface area contributed by atoms with Gasteiger partial charge in [0.15, 0.2) is 0 Å². The number of para-hydroxylation sites is 2. The Kier molecular flexibility index (Phi) is 4.56. The lowest BCUT2D eigenvalue weighted by Gasteiger charge is -2.29. The van der Waals surface area contributed by atoms with Crippen molar-refractivity contribution in [2.24, 2.45) is 0 Å². The summed E-state index contributed by atoms with van der Waals surface area (Å²) in [5, 5.41) is 0.